The van der Waals surface area contributed by atoms with Gasteiger partial charge in [0.05, 0.1) is 7.11 Å². The molecule has 2 rings (SSSR count). The molecule has 0 atom stereocenters. The predicted octanol–water partition coefficient (Wildman–Crippen LogP) is 4.43. The number of alkyl halides is 1. The smallest absolute Gasteiger partial charge is 0.123 e. The van der Waals surface area contributed by atoms with Gasteiger partial charge in [0.25, 0.3) is 0 Å². The van der Waals surface area contributed by atoms with E-state index in [0.29, 0.717) is 0 Å². The van der Waals surface area contributed by atoms with Crippen molar-refractivity contribution in [3.05, 3.63) is 29.6 Å². The fourth-order valence-electron chi connectivity index (χ4n) is 2.80. The zero-order valence-corrected chi connectivity index (χ0v) is 11.7. The second-order valence-electron chi connectivity index (χ2n) is 4.82. The Labute approximate surface area is 110 Å². The zero-order chi connectivity index (χ0) is 12.3. The van der Waals surface area contributed by atoms with E-state index in [-0.39, 0.29) is 11.2 Å². The van der Waals surface area contributed by atoms with Crippen molar-refractivity contribution in [3.63, 3.8) is 0 Å². The molecule has 0 bridgehead atoms. The van der Waals surface area contributed by atoms with Gasteiger partial charge in [0.1, 0.15) is 11.6 Å². The highest BCUT2D eigenvalue weighted by atomic mass is 79.9. The molecule has 0 aliphatic heterocycles. The third-order valence-corrected chi connectivity index (χ3v) is 4.87. The van der Waals surface area contributed by atoms with E-state index in [1.54, 1.807) is 19.2 Å². The summed E-state index contributed by atoms with van der Waals surface area (Å²) < 4.78 is 18.9. The third kappa shape index (κ3) is 2.49. The lowest BCUT2D eigenvalue weighted by Crippen LogP contribution is -2.31. The van der Waals surface area contributed by atoms with Gasteiger partial charge in [0.15, 0.2) is 0 Å². The molecule has 1 saturated carbocycles. The largest absolute Gasteiger partial charge is 0.496 e. The van der Waals surface area contributed by atoms with Crippen molar-refractivity contribution in [2.75, 3.05) is 12.4 Å². The van der Waals surface area contributed by atoms with Crippen LogP contribution in [-0.4, -0.2) is 12.4 Å². The average molecular weight is 301 g/mol. The van der Waals surface area contributed by atoms with Crippen molar-refractivity contribution < 1.29 is 9.13 Å². The molecule has 1 aliphatic rings. The van der Waals surface area contributed by atoms with Crippen LogP contribution in [0.15, 0.2) is 18.2 Å². The van der Waals surface area contributed by atoms with Gasteiger partial charge in [-0.25, -0.2) is 4.39 Å². The fraction of sp³-hybridized carbons (Fsp3) is 0.571. The molecule has 1 fully saturated rings. The molecule has 1 aromatic rings. The summed E-state index contributed by atoms with van der Waals surface area (Å²) in [4.78, 5) is 0. The number of benzene rings is 1. The Balaban J connectivity index is 2.44. The Morgan fingerprint density at radius 3 is 2.59 bits per heavy atom. The second kappa shape index (κ2) is 5.38. The molecule has 17 heavy (non-hydrogen) atoms. The van der Waals surface area contributed by atoms with E-state index >= 15 is 0 Å². The molecule has 0 amide bonds. The maximum absolute atomic E-state index is 13.5. The van der Waals surface area contributed by atoms with Crippen LogP contribution in [0.25, 0.3) is 0 Å². The van der Waals surface area contributed by atoms with E-state index in [9.17, 15) is 4.39 Å². The minimum absolute atomic E-state index is 0.0473. The summed E-state index contributed by atoms with van der Waals surface area (Å²) in [5, 5.41) is 0.875. The molecule has 1 aliphatic carbocycles. The van der Waals surface area contributed by atoms with Crippen molar-refractivity contribution in [1.29, 1.82) is 0 Å². The standard InChI is InChI=1S/C14H18BrFO/c1-17-13-6-5-11(16)9-12(13)14(10-15)7-3-2-4-8-14/h5-6,9H,2-4,7-8,10H2,1H3. The van der Waals surface area contributed by atoms with Gasteiger partial charge < -0.3 is 4.74 Å². The lowest BCUT2D eigenvalue weighted by molar-refractivity contribution is 0.309. The van der Waals surface area contributed by atoms with Crippen molar-refractivity contribution in [3.8, 4) is 5.75 Å². The van der Waals surface area contributed by atoms with Crippen LogP contribution in [0.5, 0.6) is 5.75 Å². The topological polar surface area (TPSA) is 9.23 Å². The van der Waals surface area contributed by atoms with Crippen molar-refractivity contribution >= 4 is 15.9 Å². The maximum atomic E-state index is 13.5. The Morgan fingerprint density at radius 1 is 1.29 bits per heavy atom. The first-order chi connectivity index (χ1) is 8.22. The summed E-state index contributed by atoms with van der Waals surface area (Å²) in [6.07, 6.45) is 5.93. The van der Waals surface area contributed by atoms with Crippen molar-refractivity contribution in [2.24, 2.45) is 0 Å². The first kappa shape index (κ1) is 12.9. The molecule has 0 heterocycles. The SMILES string of the molecule is COc1ccc(F)cc1C1(CBr)CCCCC1. The van der Waals surface area contributed by atoms with Crippen LogP contribution in [0.1, 0.15) is 37.7 Å². The van der Waals surface area contributed by atoms with E-state index in [2.05, 4.69) is 15.9 Å². The first-order valence-electron chi connectivity index (χ1n) is 6.12. The van der Waals surface area contributed by atoms with Crippen LogP contribution in [0, 0.1) is 5.82 Å². The zero-order valence-electron chi connectivity index (χ0n) is 10.1. The quantitative estimate of drug-likeness (QED) is 0.750. The van der Waals surface area contributed by atoms with Crippen LogP contribution in [-0.2, 0) is 5.41 Å². The second-order valence-corrected chi connectivity index (χ2v) is 5.38. The van der Waals surface area contributed by atoms with Crippen molar-refractivity contribution in [2.45, 2.75) is 37.5 Å². The molecule has 94 valence electrons. The molecule has 3 heteroatoms. The highest BCUT2D eigenvalue weighted by Gasteiger charge is 2.35. The van der Waals surface area contributed by atoms with Gasteiger partial charge in [-0.1, -0.05) is 35.2 Å². The van der Waals surface area contributed by atoms with Gasteiger partial charge in [-0.2, -0.15) is 0 Å². The number of hydrogen-bond acceptors (Lipinski definition) is 1. The molecule has 0 unspecified atom stereocenters. The fourth-order valence-corrected chi connectivity index (χ4v) is 3.66. The summed E-state index contributed by atoms with van der Waals surface area (Å²) in [5.41, 5.74) is 1.07. The molecule has 0 spiro atoms. The lowest BCUT2D eigenvalue weighted by atomic mass is 9.70. The van der Waals surface area contributed by atoms with E-state index in [1.807, 2.05) is 0 Å². The number of methoxy groups -OCH3 is 1. The number of halogens is 2. The summed E-state index contributed by atoms with van der Waals surface area (Å²) in [5.74, 6) is 0.638. The number of hydrogen-bond donors (Lipinski definition) is 0. The Kier molecular flexibility index (Phi) is 4.08. The third-order valence-electron chi connectivity index (χ3n) is 3.80. The normalized spacial score (nSPS) is 19.0. The minimum Gasteiger partial charge on any atom is -0.496 e. The van der Waals surface area contributed by atoms with E-state index in [4.69, 9.17) is 4.74 Å². The van der Waals surface area contributed by atoms with E-state index < -0.39 is 0 Å². The van der Waals surface area contributed by atoms with Crippen LogP contribution < -0.4 is 4.74 Å². The molecule has 0 saturated heterocycles. The molecular formula is C14H18BrFO. The Hall–Kier alpha value is -0.570. The number of rotatable bonds is 3. The van der Waals surface area contributed by atoms with Crippen LogP contribution in [0.4, 0.5) is 4.39 Å². The Bertz CT molecular complexity index is 386. The van der Waals surface area contributed by atoms with Crippen molar-refractivity contribution in [1.82, 2.24) is 0 Å². The molecule has 0 aromatic heterocycles. The van der Waals surface area contributed by atoms with Crippen LogP contribution in [0.2, 0.25) is 0 Å². The molecule has 1 nitrogen and oxygen atoms in total. The number of ether oxygens (including phenoxy) is 1. The highest BCUT2D eigenvalue weighted by Crippen LogP contribution is 2.44. The summed E-state index contributed by atoms with van der Waals surface area (Å²) in [7, 11) is 1.65. The van der Waals surface area contributed by atoms with Crippen LogP contribution >= 0.6 is 15.9 Å². The highest BCUT2D eigenvalue weighted by molar-refractivity contribution is 9.09. The monoisotopic (exact) mass is 300 g/mol. The maximum Gasteiger partial charge on any atom is 0.123 e. The van der Waals surface area contributed by atoms with Gasteiger partial charge in [-0.3, -0.25) is 0 Å². The van der Waals surface area contributed by atoms with Gasteiger partial charge >= 0.3 is 0 Å². The average Bonchev–Trinajstić information content (AvgIpc) is 2.39. The summed E-state index contributed by atoms with van der Waals surface area (Å²) >= 11 is 3.61. The van der Waals surface area contributed by atoms with Gasteiger partial charge in [0.2, 0.25) is 0 Å². The first-order valence-corrected chi connectivity index (χ1v) is 7.24. The lowest BCUT2D eigenvalue weighted by Gasteiger charge is -2.37. The van der Waals surface area contributed by atoms with Gasteiger partial charge in [-0.15, -0.1) is 0 Å². The molecule has 0 N–H and O–H groups in total. The minimum atomic E-state index is -0.174. The predicted molar refractivity (Wildman–Crippen MR) is 71.5 cm³/mol. The van der Waals surface area contributed by atoms with Gasteiger partial charge in [-0.05, 0) is 31.0 Å². The Morgan fingerprint density at radius 2 is 2.00 bits per heavy atom. The summed E-state index contributed by atoms with van der Waals surface area (Å²) in [6, 6.07) is 4.85. The molecule has 0 radical (unpaired) electrons. The van der Waals surface area contributed by atoms with Crippen LogP contribution in [0.3, 0.4) is 0 Å². The van der Waals surface area contributed by atoms with E-state index in [0.717, 1.165) is 29.5 Å². The van der Waals surface area contributed by atoms with Gasteiger partial charge in [0, 0.05) is 16.3 Å². The molecular weight excluding hydrogens is 283 g/mol. The van der Waals surface area contributed by atoms with E-state index in [1.165, 1.54) is 25.3 Å². The molecule has 1 aromatic carbocycles. The summed E-state index contributed by atoms with van der Waals surface area (Å²) in [6.45, 7) is 0.